The summed E-state index contributed by atoms with van der Waals surface area (Å²) in [7, 11) is 0. The molecule has 1 aromatic rings. The molecule has 6 nitrogen and oxygen atoms in total. The third-order valence-corrected chi connectivity index (χ3v) is 1.99. The number of esters is 1. The normalized spacial score (nSPS) is 11.8. The van der Waals surface area contributed by atoms with Gasteiger partial charge in [-0.25, -0.2) is 0 Å². The van der Waals surface area contributed by atoms with Gasteiger partial charge in [-0.3, -0.25) is 14.9 Å². The van der Waals surface area contributed by atoms with Crippen molar-refractivity contribution in [2.75, 3.05) is 0 Å². The van der Waals surface area contributed by atoms with Crippen LogP contribution in [0.25, 0.3) is 6.08 Å². The summed E-state index contributed by atoms with van der Waals surface area (Å²) in [5.74, 6) is -0.546. The Morgan fingerprint density at radius 3 is 2.56 bits per heavy atom. The SMILES string of the molecule is CC(=O)OC(C#N)/C=C/c1ccc([N+](=O)[O-])cc1. The molecule has 0 bridgehead atoms. The Labute approximate surface area is 103 Å². The maximum atomic E-state index is 10.7. The van der Waals surface area contributed by atoms with Crippen LogP contribution in [0.1, 0.15) is 12.5 Å². The lowest BCUT2D eigenvalue weighted by Gasteiger charge is -2.03. The van der Waals surface area contributed by atoms with Crippen molar-refractivity contribution in [2.24, 2.45) is 0 Å². The van der Waals surface area contributed by atoms with Crippen LogP contribution in [-0.2, 0) is 9.53 Å². The van der Waals surface area contributed by atoms with Gasteiger partial charge in [-0.15, -0.1) is 0 Å². The van der Waals surface area contributed by atoms with E-state index in [4.69, 9.17) is 5.26 Å². The van der Waals surface area contributed by atoms with Crippen molar-refractivity contribution in [1.82, 2.24) is 0 Å². The molecule has 0 aromatic heterocycles. The molecule has 0 fully saturated rings. The van der Waals surface area contributed by atoms with E-state index >= 15 is 0 Å². The van der Waals surface area contributed by atoms with E-state index in [9.17, 15) is 14.9 Å². The van der Waals surface area contributed by atoms with Crippen molar-refractivity contribution in [2.45, 2.75) is 13.0 Å². The standard InChI is InChI=1S/C12H10N2O4/c1-9(15)18-12(8-13)7-4-10-2-5-11(6-3-10)14(16)17/h2-7,12H,1H3/b7-4+. The van der Waals surface area contributed by atoms with Crippen LogP contribution in [0, 0.1) is 21.4 Å². The number of benzene rings is 1. The van der Waals surface area contributed by atoms with E-state index in [1.54, 1.807) is 12.1 Å². The maximum absolute atomic E-state index is 10.7. The molecular formula is C12H10N2O4. The highest BCUT2D eigenvalue weighted by Gasteiger charge is 2.06. The molecule has 6 heteroatoms. The number of non-ortho nitro benzene ring substituents is 1. The number of ether oxygens (including phenoxy) is 1. The summed E-state index contributed by atoms with van der Waals surface area (Å²) in [6, 6.07) is 7.58. The predicted octanol–water partition coefficient (Wildman–Crippen LogP) is 2.06. The molecule has 0 saturated carbocycles. The molecule has 0 aliphatic carbocycles. The van der Waals surface area contributed by atoms with Gasteiger partial charge in [0.05, 0.1) is 4.92 Å². The van der Waals surface area contributed by atoms with Crippen LogP contribution in [0.4, 0.5) is 5.69 Å². The van der Waals surface area contributed by atoms with Crippen LogP contribution in [0.3, 0.4) is 0 Å². The highest BCUT2D eigenvalue weighted by atomic mass is 16.6. The van der Waals surface area contributed by atoms with Crippen LogP contribution >= 0.6 is 0 Å². The molecule has 1 aromatic carbocycles. The first-order valence-electron chi connectivity index (χ1n) is 5.02. The number of nitrogens with zero attached hydrogens (tertiary/aromatic N) is 2. The van der Waals surface area contributed by atoms with Crippen LogP contribution < -0.4 is 0 Å². The first-order chi connectivity index (χ1) is 8.52. The molecule has 0 spiro atoms. The summed E-state index contributed by atoms with van der Waals surface area (Å²) in [5.41, 5.74) is 0.664. The summed E-state index contributed by atoms with van der Waals surface area (Å²) >= 11 is 0. The van der Waals surface area contributed by atoms with E-state index in [-0.39, 0.29) is 5.69 Å². The molecule has 18 heavy (non-hydrogen) atoms. The Morgan fingerprint density at radius 1 is 1.50 bits per heavy atom. The first-order valence-corrected chi connectivity index (χ1v) is 5.02. The van der Waals surface area contributed by atoms with Crippen molar-refractivity contribution in [3.63, 3.8) is 0 Å². The molecule has 0 radical (unpaired) electrons. The molecule has 0 amide bonds. The number of rotatable bonds is 4. The minimum absolute atomic E-state index is 0.0102. The molecular weight excluding hydrogens is 236 g/mol. The van der Waals surface area contributed by atoms with Gasteiger partial charge in [-0.2, -0.15) is 5.26 Å². The van der Waals surface area contributed by atoms with Crippen molar-refractivity contribution < 1.29 is 14.5 Å². The van der Waals surface area contributed by atoms with Crippen molar-refractivity contribution in [1.29, 1.82) is 5.26 Å². The van der Waals surface area contributed by atoms with Crippen LogP contribution in [0.2, 0.25) is 0 Å². The Morgan fingerprint density at radius 2 is 2.11 bits per heavy atom. The lowest BCUT2D eigenvalue weighted by Crippen LogP contribution is -2.10. The first kappa shape index (κ1) is 13.4. The zero-order valence-electron chi connectivity index (χ0n) is 9.57. The summed E-state index contributed by atoms with van der Waals surface area (Å²) in [6.07, 6.45) is 2.00. The Balaban J connectivity index is 2.74. The predicted molar refractivity (Wildman–Crippen MR) is 63.3 cm³/mol. The minimum atomic E-state index is -0.960. The van der Waals surface area contributed by atoms with Gasteiger partial charge < -0.3 is 4.74 Å². The van der Waals surface area contributed by atoms with Crippen molar-refractivity contribution in [3.8, 4) is 6.07 Å². The smallest absolute Gasteiger partial charge is 0.304 e. The fourth-order valence-electron chi connectivity index (χ4n) is 1.19. The topological polar surface area (TPSA) is 93.2 Å². The molecule has 0 saturated heterocycles. The third kappa shape index (κ3) is 4.06. The lowest BCUT2D eigenvalue weighted by atomic mass is 10.2. The molecule has 0 heterocycles. The van der Waals surface area contributed by atoms with Gasteiger partial charge in [0, 0.05) is 19.1 Å². The van der Waals surface area contributed by atoms with E-state index in [0.29, 0.717) is 5.56 Å². The molecule has 0 aliphatic rings. The molecule has 0 N–H and O–H groups in total. The van der Waals surface area contributed by atoms with E-state index in [1.165, 1.54) is 37.3 Å². The fraction of sp³-hybridized carbons (Fsp3) is 0.167. The number of hydrogen-bond donors (Lipinski definition) is 0. The fourth-order valence-corrected chi connectivity index (χ4v) is 1.19. The van der Waals surface area contributed by atoms with E-state index in [1.807, 2.05) is 0 Å². The number of nitro benzene ring substituents is 1. The number of carbonyl (C=O) groups excluding carboxylic acids is 1. The van der Waals surface area contributed by atoms with Crippen molar-refractivity contribution in [3.05, 3.63) is 46.0 Å². The number of hydrogen-bond acceptors (Lipinski definition) is 5. The van der Waals surface area contributed by atoms with Gasteiger partial charge in [0.15, 0.2) is 0 Å². The van der Waals surface area contributed by atoms with Crippen LogP contribution in [0.5, 0.6) is 0 Å². The van der Waals surface area contributed by atoms with Crippen LogP contribution in [0.15, 0.2) is 30.3 Å². The zero-order chi connectivity index (χ0) is 13.5. The molecule has 1 unspecified atom stereocenters. The maximum Gasteiger partial charge on any atom is 0.304 e. The minimum Gasteiger partial charge on any atom is -0.443 e. The summed E-state index contributed by atoms with van der Waals surface area (Å²) in [6.45, 7) is 1.21. The second kappa shape index (κ2) is 6.15. The summed E-state index contributed by atoms with van der Waals surface area (Å²) in [5, 5.41) is 19.1. The van der Waals surface area contributed by atoms with E-state index in [2.05, 4.69) is 4.74 Å². The Hall–Kier alpha value is -2.68. The van der Waals surface area contributed by atoms with E-state index < -0.39 is 17.0 Å². The Kier molecular flexibility index (Phi) is 4.58. The molecule has 1 rings (SSSR count). The highest BCUT2D eigenvalue weighted by molar-refractivity contribution is 5.67. The zero-order valence-corrected chi connectivity index (χ0v) is 9.57. The average Bonchev–Trinajstić information content (AvgIpc) is 2.34. The van der Waals surface area contributed by atoms with Gasteiger partial charge in [0.2, 0.25) is 6.10 Å². The van der Waals surface area contributed by atoms with Gasteiger partial charge >= 0.3 is 5.97 Å². The van der Waals surface area contributed by atoms with E-state index in [0.717, 1.165) is 0 Å². The van der Waals surface area contributed by atoms with Gasteiger partial charge in [-0.1, -0.05) is 6.08 Å². The summed E-state index contributed by atoms with van der Waals surface area (Å²) < 4.78 is 4.69. The third-order valence-electron chi connectivity index (χ3n) is 1.99. The Bertz CT molecular complexity index is 514. The second-order valence-electron chi connectivity index (χ2n) is 3.37. The summed E-state index contributed by atoms with van der Waals surface area (Å²) in [4.78, 5) is 20.6. The quantitative estimate of drug-likeness (QED) is 0.460. The number of carbonyl (C=O) groups is 1. The highest BCUT2D eigenvalue weighted by Crippen LogP contribution is 2.13. The lowest BCUT2D eigenvalue weighted by molar-refractivity contribution is -0.384. The average molecular weight is 246 g/mol. The molecule has 1 atom stereocenters. The number of nitriles is 1. The van der Waals surface area contributed by atoms with Crippen molar-refractivity contribution >= 4 is 17.7 Å². The van der Waals surface area contributed by atoms with Crippen LogP contribution in [-0.4, -0.2) is 17.0 Å². The molecule has 92 valence electrons. The monoisotopic (exact) mass is 246 g/mol. The molecule has 0 aliphatic heterocycles. The van der Waals surface area contributed by atoms with Gasteiger partial charge in [0.1, 0.15) is 6.07 Å². The van der Waals surface area contributed by atoms with Gasteiger partial charge in [-0.05, 0) is 23.8 Å². The second-order valence-corrected chi connectivity index (χ2v) is 3.37. The number of nitro groups is 1. The largest absolute Gasteiger partial charge is 0.443 e. The van der Waals surface area contributed by atoms with Gasteiger partial charge in [0.25, 0.3) is 5.69 Å².